The standard InChI is InChI=1S/C23H23FN2O/c24-21-7-9-22(10-8-21)25-23(27)16-26-13-11-18(12-14-26)20-6-5-17-3-1-2-4-19(17)15-20/h1-10,15,18H,11-14,16H2,(H,25,27). The van der Waals surface area contributed by atoms with Crippen molar-refractivity contribution in [1.29, 1.82) is 0 Å². The van der Waals surface area contributed by atoms with E-state index in [2.05, 4.69) is 52.7 Å². The molecular weight excluding hydrogens is 339 g/mol. The average Bonchev–Trinajstić information content (AvgIpc) is 2.70. The molecule has 1 aliphatic rings. The minimum atomic E-state index is -0.302. The number of carbonyl (C=O) groups excluding carboxylic acids is 1. The van der Waals surface area contributed by atoms with Gasteiger partial charge in [-0.05, 0) is 72.5 Å². The number of nitrogens with one attached hydrogen (secondary N) is 1. The van der Waals surface area contributed by atoms with Crippen LogP contribution in [0.3, 0.4) is 0 Å². The van der Waals surface area contributed by atoms with Crippen molar-refractivity contribution >= 4 is 22.4 Å². The van der Waals surface area contributed by atoms with Crippen LogP contribution in [0.5, 0.6) is 0 Å². The summed E-state index contributed by atoms with van der Waals surface area (Å²) in [5.74, 6) is 0.195. The second-order valence-corrected chi connectivity index (χ2v) is 7.21. The second kappa shape index (κ2) is 7.89. The van der Waals surface area contributed by atoms with E-state index in [9.17, 15) is 9.18 Å². The van der Waals surface area contributed by atoms with Gasteiger partial charge in [0.25, 0.3) is 0 Å². The van der Waals surface area contributed by atoms with Crippen molar-refractivity contribution in [3.05, 3.63) is 78.1 Å². The van der Waals surface area contributed by atoms with E-state index in [0.717, 1.165) is 25.9 Å². The van der Waals surface area contributed by atoms with Gasteiger partial charge in [-0.3, -0.25) is 9.69 Å². The molecular formula is C23H23FN2O. The Labute approximate surface area is 158 Å². The zero-order valence-corrected chi connectivity index (χ0v) is 15.2. The molecule has 0 saturated carbocycles. The fourth-order valence-electron chi connectivity index (χ4n) is 3.82. The average molecular weight is 362 g/mol. The third-order valence-corrected chi connectivity index (χ3v) is 5.33. The topological polar surface area (TPSA) is 32.3 Å². The Morgan fingerprint density at radius 2 is 1.67 bits per heavy atom. The molecule has 0 radical (unpaired) electrons. The van der Waals surface area contributed by atoms with Gasteiger partial charge in [0.05, 0.1) is 6.54 Å². The highest BCUT2D eigenvalue weighted by molar-refractivity contribution is 5.92. The summed E-state index contributed by atoms with van der Waals surface area (Å²) in [5, 5.41) is 5.39. The number of rotatable bonds is 4. The summed E-state index contributed by atoms with van der Waals surface area (Å²) in [7, 11) is 0. The van der Waals surface area contributed by atoms with Crippen LogP contribution < -0.4 is 5.32 Å². The van der Waals surface area contributed by atoms with Gasteiger partial charge in [0.1, 0.15) is 5.82 Å². The van der Waals surface area contributed by atoms with Gasteiger partial charge in [-0.15, -0.1) is 0 Å². The van der Waals surface area contributed by atoms with Crippen molar-refractivity contribution in [3.63, 3.8) is 0 Å². The monoisotopic (exact) mass is 362 g/mol. The molecule has 0 unspecified atom stereocenters. The molecule has 3 aromatic rings. The molecule has 4 rings (SSSR count). The molecule has 1 amide bonds. The summed E-state index contributed by atoms with van der Waals surface area (Å²) < 4.78 is 12.9. The highest BCUT2D eigenvalue weighted by Gasteiger charge is 2.22. The molecule has 138 valence electrons. The Bertz CT molecular complexity index is 931. The van der Waals surface area contributed by atoms with Gasteiger partial charge in [-0.25, -0.2) is 4.39 Å². The Morgan fingerprint density at radius 3 is 2.41 bits per heavy atom. The van der Waals surface area contributed by atoms with E-state index in [1.54, 1.807) is 12.1 Å². The fraction of sp³-hybridized carbons (Fsp3) is 0.261. The van der Waals surface area contributed by atoms with Gasteiger partial charge in [-0.2, -0.15) is 0 Å². The molecule has 1 N–H and O–H groups in total. The van der Waals surface area contributed by atoms with Crippen LogP contribution >= 0.6 is 0 Å². The fourth-order valence-corrected chi connectivity index (χ4v) is 3.82. The van der Waals surface area contributed by atoms with Gasteiger partial charge in [0, 0.05) is 5.69 Å². The molecule has 1 heterocycles. The normalized spacial score (nSPS) is 15.7. The molecule has 0 atom stereocenters. The predicted molar refractivity (Wildman–Crippen MR) is 107 cm³/mol. The van der Waals surface area contributed by atoms with Crippen molar-refractivity contribution in [2.75, 3.05) is 25.0 Å². The molecule has 27 heavy (non-hydrogen) atoms. The highest BCUT2D eigenvalue weighted by Crippen LogP contribution is 2.30. The van der Waals surface area contributed by atoms with Crippen molar-refractivity contribution in [2.45, 2.75) is 18.8 Å². The number of nitrogens with zero attached hydrogens (tertiary/aromatic N) is 1. The first-order chi connectivity index (χ1) is 13.2. The molecule has 1 fully saturated rings. The van der Waals surface area contributed by atoms with Crippen LogP contribution in [0, 0.1) is 5.82 Å². The minimum absolute atomic E-state index is 0.0502. The Hall–Kier alpha value is -2.72. The lowest BCUT2D eigenvalue weighted by Crippen LogP contribution is -2.38. The van der Waals surface area contributed by atoms with Crippen LogP contribution in [0.15, 0.2) is 66.7 Å². The van der Waals surface area contributed by atoms with Gasteiger partial charge >= 0.3 is 0 Å². The maximum Gasteiger partial charge on any atom is 0.238 e. The van der Waals surface area contributed by atoms with Gasteiger partial charge in [-0.1, -0.05) is 42.5 Å². The van der Waals surface area contributed by atoms with Crippen molar-refractivity contribution in [2.24, 2.45) is 0 Å². The van der Waals surface area contributed by atoms with E-state index < -0.39 is 0 Å². The van der Waals surface area contributed by atoms with Gasteiger partial charge in [0.15, 0.2) is 0 Å². The number of hydrogen-bond donors (Lipinski definition) is 1. The number of likely N-dealkylation sites (tertiary alicyclic amines) is 1. The van der Waals surface area contributed by atoms with Crippen LogP contribution in [0.25, 0.3) is 10.8 Å². The largest absolute Gasteiger partial charge is 0.325 e. The molecule has 3 aromatic carbocycles. The number of halogens is 1. The van der Waals surface area contributed by atoms with E-state index in [1.165, 1.54) is 28.5 Å². The molecule has 1 saturated heterocycles. The third-order valence-electron chi connectivity index (χ3n) is 5.33. The first-order valence-corrected chi connectivity index (χ1v) is 9.44. The SMILES string of the molecule is O=C(CN1CCC(c2ccc3ccccc3c2)CC1)Nc1ccc(F)cc1. The molecule has 1 aliphatic heterocycles. The Kier molecular flexibility index (Phi) is 5.16. The van der Waals surface area contributed by atoms with Gasteiger partial charge < -0.3 is 5.32 Å². The maximum atomic E-state index is 12.9. The van der Waals surface area contributed by atoms with Crippen molar-refractivity contribution in [3.8, 4) is 0 Å². The van der Waals surface area contributed by atoms with Gasteiger partial charge in [0.2, 0.25) is 5.91 Å². The summed E-state index contributed by atoms with van der Waals surface area (Å²) in [4.78, 5) is 14.4. The lowest BCUT2D eigenvalue weighted by Gasteiger charge is -2.31. The van der Waals surface area contributed by atoms with Crippen LogP contribution in [0.1, 0.15) is 24.3 Å². The van der Waals surface area contributed by atoms with Crippen LogP contribution in [0.4, 0.5) is 10.1 Å². The molecule has 3 nitrogen and oxygen atoms in total. The number of amides is 1. The van der Waals surface area contributed by atoms with Crippen molar-refractivity contribution in [1.82, 2.24) is 4.90 Å². The number of fused-ring (bicyclic) bond motifs is 1. The number of carbonyl (C=O) groups is 1. The molecule has 0 bridgehead atoms. The van der Waals surface area contributed by atoms with Crippen LogP contribution in [-0.2, 0) is 4.79 Å². The first kappa shape index (κ1) is 17.7. The summed E-state index contributed by atoms with van der Waals surface area (Å²) in [5.41, 5.74) is 2.02. The minimum Gasteiger partial charge on any atom is -0.325 e. The maximum absolute atomic E-state index is 12.9. The first-order valence-electron chi connectivity index (χ1n) is 9.44. The second-order valence-electron chi connectivity index (χ2n) is 7.21. The summed E-state index contributed by atoms with van der Waals surface area (Å²) in [6.07, 6.45) is 2.12. The molecule has 0 aromatic heterocycles. The lowest BCUT2D eigenvalue weighted by molar-refractivity contribution is -0.117. The smallest absolute Gasteiger partial charge is 0.238 e. The van der Waals surface area contributed by atoms with E-state index >= 15 is 0 Å². The predicted octanol–water partition coefficient (Wildman–Crippen LogP) is 4.80. The lowest BCUT2D eigenvalue weighted by atomic mass is 9.88. The van der Waals surface area contributed by atoms with E-state index in [-0.39, 0.29) is 11.7 Å². The quantitative estimate of drug-likeness (QED) is 0.723. The third kappa shape index (κ3) is 4.34. The zero-order valence-electron chi connectivity index (χ0n) is 15.2. The van der Waals surface area contributed by atoms with Crippen LogP contribution in [-0.4, -0.2) is 30.4 Å². The zero-order chi connectivity index (χ0) is 18.6. The van der Waals surface area contributed by atoms with E-state index in [4.69, 9.17) is 0 Å². The Balaban J connectivity index is 1.31. The van der Waals surface area contributed by atoms with E-state index in [0.29, 0.717) is 18.2 Å². The van der Waals surface area contributed by atoms with Crippen molar-refractivity contribution < 1.29 is 9.18 Å². The molecule has 0 aliphatic carbocycles. The summed E-state index contributed by atoms with van der Waals surface area (Å²) in [6.45, 7) is 2.20. The van der Waals surface area contributed by atoms with E-state index in [1.807, 2.05) is 0 Å². The summed E-state index contributed by atoms with van der Waals surface area (Å²) in [6, 6.07) is 21.1. The molecule has 0 spiro atoms. The Morgan fingerprint density at radius 1 is 0.963 bits per heavy atom. The number of piperidine rings is 1. The van der Waals surface area contributed by atoms with Crippen LogP contribution in [0.2, 0.25) is 0 Å². The summed E-state index contributed by atoms with van der Waals surface area (Å²) >= 11 is 0. The number of benzene rings is 3. The number of hydrogen-bond acceptors (Lipinski definition) is 2. The number of anilines is 1. The molecule has 4 heteroatoms. The highest BCUT2D eigenvalue weighted by atomic mass is 19.1.